The van der Waals surface area contributed by atoms with Gasteiger partial charge in [0.15, 0.2) is 0 Å². The van der Waals surface area contributed by atoms with Gasteiger partial charge in [0.05, 0.1) is 10.0 Å². The number of pyridine rings is 1. The van der Waals surface area contributed by atoms with E-state index in [-0.39, 0.29) is 5.91 Å². The summed E-state index contributed by atoms with van der Waals surface area (Å²) in [6, 6.07) is 8.99. The highest BCUT2D eigenvalue weighted by atomic mass is 79.9. The number of rotatable bonds is 2. The Balaban J connectivity index is 1.95. The zero-order valence-corrected chi connectivity index (χ0v) is 11.9. The molecule has 0 radical (unpaired) electrons. The third-order valence-corrected chi connectivity index (χ3v) is 3.58. The van der Waals surface area contributed by atoms with Crippen molar-refractivity contribution in [2.45, 2.75) is 0 Å². The van der Waals surface area contributed by atoms with Gasteiger partial charge in [-0.05, 0) is 46.3 Å². The average Bonchev–Trinajstić information content (AvgIpc) is 2.84. The molecule has 0 atom stereocenters. The SMILES string of the molecule is Nc1ccc2c(C(=O)Nc3ncccc3Br)c[nH]c2c1. The summed E-state index contributed by atoms with van der Waals surface area (Å²) in [5.41, 5.74) is 7.75. The number of benzene rings is 1. The van der Waals surface area contributed by atoms with Crippen molar-refractivity contribution >= 4 is 44.2 Å². The maximum absolute atomic E-state index is 12.3. The van der Waals surface area contributed by atoms with E-state index in [0.29, 0.717) is 17.1 Å². The lowest BCUT2D eigenvalue weighted by Crippen LogP contribution is -2.12. The van der Waals surface area contributed by atoms with Crippen LogP contribution in [-0.4, -0.2) is 15.9 Å². The first-order valence-corrected chi connectivity index (χ1v) is 6.73. The Kier molecular flexibility index (Phi) is 3.15. The van der Waals surface area contributed by atoms with Crippen LogP contribution in [-0.2, 0) is 0 Å². The Morgan fingerprint density at radius 1 is 1.35 bits per heavy atom. The van der Waals surface area contributed by atoms with Crippen LogP contribution in [0.2, 0.25) is 0 Å². The first-order valence-electron chi connectivity index (χ1n) is 5.93. The fourth-order valence-corrected chi connectivity index (χ4v) is 2.34. The molecule has 0 saturated carbocycles. The maximum atomic E-state index is 12.3. The van der Waals surface area contributed by atoms with Crippen LogP contribution in [0.1, 0.15) is 10.4 Å². The molecule has 100 valence electrons. The molecule has 0 aliphatic heterocycles. The third-order valence-electron chi connectivity index (χ3n) is 2.94. The Hall–Kier alpha value is -2.34. The van der Waals surface area contributed by atoms with Gasteiger partial charge in [0.25, 0.3) is 5.91 Å². The van der Waals surface area contributed by atoms with Gasteiger partial charge in [0.2, 0.25) is 0 Å². The van der Waals surface area contributed by atoms with E-state index in [1.807, 2.05) is 12.1 Å². The largest absolute Gasteiger partial charge is 0.399 e. The van der Waals surface area contributed by atoms with Gasteiger partial charge in [-0.15, -0.1) is 0 Å². The number of hydrogen-bond donors (Lipinski definition) is 3. The quantitative estimate of drug-likeness (QED) is 0.631. The average molecular weight is 331 g/mol. The van der Waals surface area contributed by atoms with Gasteiger partial charge in [-0.3, -0.25) is 4.79 Å². The number of H-pyrrole nitrogens is 1. The standard InChI is InChI=1S/C14H11BrN4O/c15-11-2-1-5-17-13(11)19-14(20)10-7-18-12-6-8(16)3-4-9(10)12/h1-7,18H,16H2,(H,17,19,20). The number of carbonyl (C=O) groups is 1. The van der Waals surface area contributed by atoms with Crippen molar-refractivity contribution in [3.05, 3.63) is 52.8 Å². The normalized spacial score (nSPS) is 10.7. The van der Waals surface area contributed by atoms with Crippen molar-refractivity contribution in [1.82, 2.24) is 9.97 Å². The number of aromatic nitrogens is 2. The predicted molar refractivity (Wildman–Crippen MR) is 82.6 cm³/mol. The van der Waals surface area contributed by atoms with Crippen molar-refractivity contribution in [2.24, 2.45) is 0 Å². The van der Waals surface area contributed by atoms with E-state index in [1.165, 1.54) is 0 Å². The summed E-state index contributed by atoms with van der Waals surface area (Å²) < 4.78 is 0.734. The van der Waals surface area contributed by atoms with Crippen LogP contribution < -0.4 is 11.1 Å². The Morgan fingerprint density at radius 2 is 2.20 bits per heavy atom. The number of nitrogens with two attached hydrogens (primary N) is 1. The summed E-state index contributed by atoms with van der Waals surface area (Å²) in [6.07, 6.45) is 3.28. The minimum atomic E-state index is -0.222. The highest BCUT2D eigenvalue weighted by Gasteiger charge is 2.13. The summed E-state index contributed by atoms with van der Waals surface area (Å²) >= 11 is 3.35. The zero-order chi connectivity index (χ0) is 14.1. The molecule has 20 heavy (non-hydrogen) atoms. The first-order chi connectivity index (χ1) is 9.65. The molecule has 0 aliphatic carbocycles. The number of hydrogen-bond acceptors (Lipinski definition) is 3. The van der Waals surface area contributed by atoms with Gasteiger partial charge < -0.3 is 16.0 Å². The van der Waals surface area contributed by atoms with E-state index in [2.05, 4.69) is 31.2 Å². The van der Waals surface area contributed by atoms with Gasteiger partial charge in [-0.1, -0.05) is 0 Å². The van der Waals surface area contributed by atoms with Gasteiger partial charge >= 0.3 is 0 Å². The number of halogens is 1. The number of anilines is 2. The number of carbonyl (C=O) groups excluding carboxylic acids is 1. The number of nitrogens with one attached hydrogen (secondary N) is 2. The summed E-state index contributed by atoms with van der Waals surface area (Å²) in [5, 5.41) is 3.59. The molecule has 2 heterocycles. The molecule has 0 saturated heterocycles. The van der Waals surface area contributed by atoms with Gasteiger partial charge in [-0.25, -0.2) is 4.98 Å². The molecule has 0 unspecified atom stereocenters. The summed E-state index contributed by atoms with van der Waals surface area (Å²) in [7, 11) is 0. The van der Waals surface area contributed by atoms with Crippen LogP contribution in [0.4, 0.5) is 11.5 Å². The number of fused-ring (bicyclic) bond motifs is 1. The smallest absolute Gasteiger partial charge is 0.259 e. The van der Waals surface area contributed by atoms with Gasteiger partial charge in [0.1, 0.15) is 5.82 Å². The monoisotopic (exact) mass is 330 g/mol. The number of aromatic amines is 1. The van der Waals surface area contributed by atoms with Crippen LogP contribution in [0, 0.1) is 0 Å². The van der Waals surface area contributed by atoms with Gasteiger partial charge in [0, 0.05) is 29.0 Å². The van der Waals surface area contributed by atoms with Crippen molar-refractivity contribution in [2.75, 3.05) is 11.1 Å². The summed E-state index contributed by atoms with van der Waals surface area (Å²) in [6.45, 7) is 0. The highest BCUT2D eigenvalue weighted by molar-refractivity contribution is 9.10. The van der Waals surface area contributed by atoms with Gasteiger partial charge in [-0.2, -0.15) is 0 Å². The third kappa shape index (κ3) is 2.25. The van der Waals surface area contributed by atoms with Crippen molar-refractivity contribution in [1.29, 1.82) is 0 Å². The van der Waals surface area contributed by atoms with E-state index < -0.39 is 0 Å². The van der Waals surface area contributed by atoms with Crippen molar-refractivity contribution < 1.29 is 4.79 Å². The molecule has 0 spiro atoms. The molecule has 5 nitrogen and oxygen atoms in total. The topological polar surface area (TPSA) is 83.8 Å². The zero-order valence-electron chi connectivity index (χ0n) is 10.4. The van der Waals surface area contributed by atoms with E-state index in [0.717, 1.165) is 15.4 Å². The van der Waals surface area contributed by atoms with Crippen LogP contribution in [0.15, 0.2) is 47.2 Å². The Morgan fingerprint density at radius 3 is 3.00 bits per heavy atom. The molecule has 3 rings (SSSR count). The summed E-state index contributed by atoms with van der Waals surface area (Å²) in [5.74, 6) is 0.266. The minimum Gasteiger partial charge on any atom is -0.399 e. The fraction of sp³-hybridized carbons (Fsp3) is 0. The van der Waals surface area contributed by atoms with E-state index in [4.69, 9.17) is 5.73 Å². The molecule has 1 amide bonds. The van der Waals surface area contributed by atoms with Crippen LogP contribution in [0.5, 0.6) is 0 Å². The maximum Gasteiger partial charge on any atom is 0.259 e. The molecule has 4 N–H and O–H groups in total. The number of nitrogens with zero attached hydrogens (tertiary/aromatic N) is 1. The molecular formula is C14H11BrN4O. The lowest BCUT2D eigenvalue weighted by atomic mass is 10.1. The van der Waals surface area contributed by atoms with E-state index in [1.54, 1.807) is 30.6 Å². The van der Waals surface area contributed by atoms with Crippen LogP contribution in [0.3, 0.4) is 0 Å². The molecule has 1 aromatic carbocycles. The van der Waals surface area contributed by atoms with Crippen molar-refractivity contribution in [3.63, 3.8) is 0 Å². The molecular weight excluding hydrogens is 320 g/mol. The first kappa shape index (κ1) is 12.7. The molecule has 0 aliphatic rings. The van der Waals surface area contributed by atoms with Crippen LogP contribution >= 0.6 is 15.9 Å². The minimum absolute atomic E-state index is 0.222. The second-order valence-corrected chi connectivity index (χ2v) is 5.15. The Bertz CT molecular complexity index is 797. The molecule has 2 aromatic heterocycles. The molecule has 6 heteroatoms. The molecule has 3 aromatic rings. The number of amides is 1. The lowest BCUT2D eigenvalue weighted by molar-refractivity contribution is 0.102. The Labute approximate surface area is 123 Å². The second kappa shape index (κ2) is 4.97. The fourth-order valence-electron chi connectivity index (χ4n) is 1.98. The van der Waals surface area contributed by atoms with E-state index >= 15 is 0 Å². The second-order valence-electron chi connectivity index (χ2n) is 4.30. The molecule has 0 bridgehead atoms. The summed E-state index contributed by atoms with van der Waals surface area (Å²) in [4.78, 5) is 19.5. The highest BCUT2D eigenvalue weighted by Crippen LogP contribution is 2.23. The number of nitrogen functional groups attached to an aromatic ring is 1. The van der Waals surface area contributed by atoms with E-state index in [9.17, 15) is 4.79 Å². The lowest BCUT2D eigenvalue weighted by Gasteiger charge is -2.05. The predicted octanol–water partition coefficient (Wildman–Crippen LogP) is 3.16. The molecule has 0 fully saturated rings. The van der Waals surface area contributed by atoms with Crippen molar-refractivity contribution in [3.8, 4) is 0 Å². The van der Waals surface area contributed by atoms with Crippen LogP contribution in [0.25, 0.3) is 10.9 Å².